The lowest BCUT2D eigenvalue weighted by atomic mass is 9.91. The average molecular weight is 272 g/mol. The Morgan fingerprint density at radius 1 is 1.37 bits per heavy atom. The zero-order chi connectivity index (χ0) is 14.1. The Labute approximate surface area is 116 Å². The summed E-state index contributed by atoms with van der Waals surface area (Å²) in [6, 6.07) is 0. The fourth-order valence-electron chi connectivity index (χ4n) is 2.21. The van der Waals surface area contributed by atoms with Gasteiger partial charge in [-0.1, -0.05) is 13.8 Å². The second kappa shape index (κ2) is 8.51. The Hall–Kier alpha value is -0.650. The monoisotopic (exact) mass is 272 g/mol. The van der Waals surface area contributed by atoms with Gasteiger partial charge < -0.3 is 20.1 Å². The van der Waals surface area contributed by atoms with Crippen LogP contribution in [-0.2, 0) is 14.3 Å². The van der Waals surface area contributed by atoms with Crippen LogP contribution in [0.1, 0.15) is 33.1 Å². The van der Waals surface area contributed by atoms with Gasteiger partial charge >= 0.3 is 0 Å². The molecule has 1 rings (SSSR count). The van der Waals surface area contributed by atoms with E-state index in [2.05, 4.69) is 24.5 Å². The molecule has 1 fully saturated rings. The van der Waals surface area contributed by atoms with Crippen molar-refractivity contribution in [2.75, 3.05) is 40.0 Å². The van der Waals surface area contributed by atoms with Gasteiger partial charge in [0.05, 0.1) is 0 Å². The Balaban J connectivity index is 2.18. The maximum atomic E-state index is 12.2. The average Bonchev–Trinajstić information content (AvgIpc) is 2.42. The molecule has 1 aliphatic rings. The lowest BCUT2D eigenvalue weighted by Crippen LogP contribution is -2.54. The van der Waals surface area contributed by atoms with E-state index >= 15 is 0 Å². The largest absolute Gasteiger partial charge is 0.381 e. The molecule has 2 N–H and O–H groups in total. The summed E-state index contributed by atoms with van der Waals surface area (Å²) in [5.41, 5.74) is -0.635. The van der Waals surface area contributed by atoms with Gasteiger partial charge in [-0.25, -0.2) is 0 Å². The third kappa shape index (κ3) is 5.47. The van der Waals surface area contributed by atoms with Gasteiger partial charge in [0, 0.05) is 26.9 Å². The minimum Gasteiger partial charge on any atom is -0.381 e. The van der Waals surface area contributed by atoms with Gasteiger partial charge in [-0.15, -0.1) is 0 Å². The Morgan fingerprint density at radius 2 is 2.05 bits per heavy atom. The molecule has 5 nitrogen and oxygen atoms in total. The smallest absolute Gasteiger partial charge is 0.252 e. The molecule has 19 heavy (non-hydrogen) atoms. The van der Waals surface area contributed by atoms with Crippen molar-refractivity contribution >= 4 is 5.91 Å². The van der Waals surface area contributed by atoms with Crippen LogP contribution in [0.5, 0.6) is 0 Å². The number of nitrogens with one attached hydrogen (secondary N) is 2. The minimum atomic E-state index is -0.635. The first-order valence-corrected chi connectivity index (χ1v) is 7.22. The normalized spacial score (nSPS) is 18.5. The first kappa shape index (κ1) is 16.4. The topological polar surface area (TPSA) is 59.6 Å². The third-order valence-corrected chi connectivity index (χ3v) is 3.42. The van der Waals surface area contributed by atoms with Crippen LogP contribution in [-0.4, -0.2) is 51.5 Å². The number of hydrogen-bond acceptors (Lipinski definition) is 4. The quantitative estimate of drug-likeness (QED) is 0.646. The van der Waals surface area contributed by atoms with Crippen molar-refractivity contribution in [2.45, 2.75) is 38.7 Å². The highest BCUT2D eigenvalue weighted by molar-refractivity contribution is 5.85. The van der Waals surface area contributed by atoms with Crippen LogP contribution in [0.15, 0.2) is 0 Å². The summed E-state index contributed by atoms with van der Waals surface area (Å²) in [5.74, 6) is 0.571. The van der Waals surface area contributed by atoms with Gasteiger partial charge in [-0.3, -0.25) is 4.79 Å². The van der Waals surface area contributed by atoms with Crippen LogP contribution in [0.4, 0.5) is 0 Å². The fraction of sp³-hybridized carbons (Fsp3) is 0.929. The zero-order valence-corrected chi connectivity index (χ0v) is 12.5. The second-order valence-electron chi connectivity index (χ2n) is 5.53. The van der Waals surface area contributed by atoms with Crippen LogP contribution in [0.3, 0.4) is 0 Å². The van der Waals surface area contributed by atoms with E-state index in [1.165, 1.54) is 0 Å². The summed E-state index contributed by atoms with van der Waals surface area (Å²) in [5, 5.41) is 6.20. The van der Waals surface area contributed by atoms with Crippen molar-refractivity contribution in [3.8, 4) is 0 Å². The summed E-state index contributed by atoms with van der Waals surface area (Å²) in [4.78, 5) is 12.2. The van der Waals surface area contributed by atoms with Gasteiger partial charge in [0.1, 0.15) is 5.60 Å². The molecule has 0 aromatic carbocycles. The van der Waals surface area contributed by atoms with Crippen LogP contribution in [0.2, 0.25) is 0 Å². The molecule has 0 spiro atoms. The lowest BCUT2D eigenvalue weighted by Gasteiger charge is -2.34. The van der Waals surface area contributed by atoms with Crippen LogP contribution >= 0.6 is 0 Å². The molecule has 0 saturated carbocycles. The van der Waals surface area contributed by atoms with Crippen LogP contribution in [0, 0.1) is 5.92 Å². The summed E-state index contributed by atoms with van der Waals surface area (Å²) < 4.78 is 10.9. The van der Waals surface area contributed by atoms with E-state index in [0.717, 1.165) is 39.0 Å². The Bertz CT molecular complexity index is 263. The molecule has 0 atom stereocenters. The molecular formula is C14H28N2O3. The molecular weight excluding hydrogens is 244 g/mol. The summed E-state index contributed by atoms with van der Waals surface area (Å²) in [7, 11) is 1.62. The maximum Gasteiger partial charge on any atom is 0.252 e. The molecule has 0 aromatic heterocycles. The Morgan fingerprint density at radius 3 is 2.63 bits per heavy atom. The molecule has 1 amide bonds. The highest BCUT2D eigenvalue weighted by Gasteiger charge is 2.39. The highest BCUT2D eigenvalue weighted by Crippen LogP contribution is 2.22. The second-order valence-corrected chi connectivity index (χ2v) is 5.53. The molecule has 5 heteroatoms. The SMILES string of the molecule is COC1(C(=O)NCCCOCC(C)C)CCNCC1. The minimum absolute atomic E-state index is 0.0142. The first-order chi connectivity index (χ1) is 9.10. The number of hydrogen-bond donors (Lipinski definition) is 2. The number of methoxy groups -OCH3 is 1. The van der Waals surface area contributed by atoms with Gasteiger partial charge in [0.15, 0.2) is 0 Å². The Kier molecular flexibility index (Phi) is 7.34. The van der Waals surface area contributed by atoms with Gasteiger partial charge in [-0.05, 0) is 38.3 Å². The van der Waals surface area contributed by atoms with Crippen molar-refractivity contribution in [2.24, 2.45) is 5.92 Å². The molecule has 0 unspecified atom stereocenters. The van der Waals surface area contributed by atoms with E-state index in [1.54, 1.807) is 7.11 Å². The molecule has 1 aliphatic heterocycles. The molecule has 0 aliphatic carbocycles. The molecule has 1 saturated heterocycles. The van der Waals surface area contributed by atoms with E-state index in [-0.39, 0.29) is 5.91 Å². The summed E-state index contributed by atoms with van der Waals surface area (Å²) >= 11 is 0. The van der Waals surface area contributed by atoms with Gasteiger partial charge in [0.2, 0.25) is 0 Å². The van der Waals surface area contributed by atoms with E-state index in [0.29, 0.717) is 19.1 Å². The predicted octanol–water partition coefficient (Wildman–Crippen LogP) is 0.934. The fourth-order valence-corrected chi connectivity index (χ4v) is 2.21. The number of rotatable bonds is 8. The van der Waals surface area contributed by atoms with Gasteiger partial charge in [-0.2, -0.15) is 0 Å². The number of amides is 1. The molecule has 0 bridgehead atoms. The van der Waals surface area contributed by atoms with Crippen LogP contribution in [0.25, 0.3) is 0 Å². The van der Waals surface area contributed by atoms with Crippen molar-refractivity contribution < 1.29 is 14.3 Å². The molecule has 0 radical (unpaired) electrons. The zero-order valence-electron chi connectivity index (χ0n) is 12.5. The maximum absolute atomic E-state index is 12.2. The predicted molar refractivity (Wildman–Crippen MR) is 75.1 cm³/mol. The highest BCUT2D eigenvalue weighted by atomic mass is 16.5. The first-order valence-electron chi connectivity index (χ1n) is 7.22. The van der Waals surface area contributed by atoms with Crippen LogP contribution < -0.4 is 10.6 Å². The molecule has 0 aromatic rings. The third-order valence-electron chi connectivity index (χ3n) is 3.42. The number of piperidine rings is 1. The van der Waals surface area contributed by atoms with Crippen molar-refractivity contribution in [3.63, 3.8) is 0 Å². The number of carbonyl (C=O) groups excluding carboxylic acids is 1. The van der Waals surface area contributed by atoms with Crippen molar-refractivity contribution in [1.29, 1.82) is 0 Å². The van der Waals surface area contributed by atoms with Crippen molar-refractivity contribution in [3.05, 3.63) is 0 Å². The van der Waals surface area contributed by atoms with Gasteiger partial charge in [0.25, 0.3) is 5.91 Å². The number of ether oxygens (including phenoxy) is 2. The standard InChI is InChI=1S/C14H28N2O3/c1-12(2)11-19-10-4-7-16-13(17)14(18-3)5-8-15-9-6-14/h12,15H,4-11H2,1-3H3,(H,16,17). The van der Waals surface area contributed by atoms with E-state index in [4.69, 9.17) is 9.47 Å². The molecule has 112 valence electrons. The van der Waals surface area contributed by atoms with E-state index in [1.807, 2.05) is 0 Å². The molecule has 1 heterocycles. The summed E-state index contributed by atoms with van der Waals surface area (Å²) in [6.07, 6.45) is 2.31. The number of carbonyl (C=O) groups is 1. The lowest BCUT2D eigenvalue weighted by molar-refractivity contribution is -0.146. The summed E-state index contributed by atoms with van der Waals surface area (Å²) in [6.45, 7) is 8.04. The van der Waals surface area contributed by atoms with E-state index in [9.17, 15) is 4.79 Å². The van der Waals surface area contributed by atoms with E-state index < -0.39 is 5.60 Å². The van der Waals surface area contributed by atoms with Crippen molar-refractivity contribution in [1.82, 2.24) is 10.6 Å².